The van der Waals surface area contributed by atoms with Gasteiger partial charge < -0.3 is 15.4 Å². The Balaban J connectivity index is 1.58. The van der Waals surface area contributed by atoms with Crippen molar-refractivity contribution in [1.29, 1.82) is 0 Å². The van der Waals surface area contributed by atoms with Gasteiger partial charge in [-0.2, -0.15) is 0 Å². The molecule has 2 atom stereocenters. The maximum absolute atomic E-state index is 10.5. The Bertz CT molecular complexity index is 1040. The van der Waals surface area contributed by atoms with Crippen LogP contribution in [-0.4, -0.2) is 23.2 Å². The monoisotopic (exact) mass is 391 g/mol. The molecule has 142 valence electrons. The molecule has 0 unspecified atom stereocenters. The van der Waals surface area contributed by atoms with Crippen LogP contribution in [0.1, 0.15) is 28.7 Å². The first kappa shape index (κ1) is 18.8. The molecule has 28 heavy (non-hydrogen) atoms. The lowest BCUT2D eigenvalue weighted by molar-refractivity contribution is -0.663. The van der Waals surface area contributed by atoms with Crippen LogP contribution in [0.4, 0.5) is 0 Å². The fraction of sp³-hybridized carbons (Fsp3) is 0.167. The Morgan fingerprint density at radius 3 is 2.36 bits per heavy atom. The largest absolute Gasteiger partial charge is 0.382 e. The number of quaternary nitrogens is 1. The van der Waals surface area contributed by atoms with Gasteiger partial charge in [0.1, 0.15) is 12.6 Å². The van der Waals surface area contributed by atoms with E-state index in [2.05, 4.69) is 40.8 Å². The number of H-pyrrole nitrogens is 1. The smallest absolute Gasteiger partial charge is 0.128 e. The predicted molar refractivity (Wildman–Crippen MR) is 115 cm³/mol. The molecule has 0 fully saturated rings. The fourth-order valence-corrected chi connectivity index (χ4v) is 4.06. The van der Waals surface area contributed by atoms with Crippen molar-refractivity contribution < 1.29 is 10.4 Å². The van der Waals surface area contributed by atoms with Crippen LogP contribution in [0, 0.1) is 0 Å². The number of aromatic amines is 1. The summed E-state index contributed by atoms with van der Waals surface area (Å²) in [5.74, 6) is 0.132. The van der Waals surface area contributed by atoms with Crippen LogP contribution in [0.15, 0.2) is 85.1 Å². The number of hydrogen-bond donors (Lipinski definition) is 3. The molecule has 0 aliphatic heterocycles. The van der Waals surface area contributed by atoms with E-state index in [9.17, 15) is 5.11 Å². The maximum Gasteiger partial charge on any atom is 0.128 e. The van der Waals surface area contributed by atoms with Crippen molar-refractivity contribution in [3.8, 4) is 0 Å². The van der Waals surface area contributed by atoms with E-state index in [-0.39, 0.29) is 5.92 Å². The second kappa shape index (κ2) is 8.61. The molecule has 0 saturated carbocycles. The van der Waals surface area contributed by atoms with E-state index in [1.165, 1.54) is 10.9 Å². The van der Waals surface area contributed by atoms with Gasteiger partial charge in [0.25, 0.3) is 0 Å². The first-order chi connectivity index (χ1) is 13.7. The Morgan fingerprint density at radius 1 is 0.821 bits per heavy atom. The number of rotatable bonds is 7. The molecule has 1 aromatic heterocycles. The van der Waals surface area contributed by atoms with Crippen molar-refractivity contribution in [2.75, 3.05) is 13.1 Å². The molecule has 4 rings (SSSR count). The van der Waals surface area contributed by atoms with Crippen LogP contribution >= 0.6 is 11.6 Å². The molecule has 1 heterocycles. The molecule has 4 heteroatoms. The van der Waals surface area contributed by atoms with E-state index >= 15 is 0 Å². The zero-order valence-electron chi connectivity index (χ0n) is 15.6. The molecule has 0 amide bonds. The van der Waals surface area contributed by atoms with Gasteiger partial charge in [-0.15, -0.1) is 0 Å². The van der Waals surface area contributed by atoms with E-state index in [1.807, 2.05) is 54.6 Å². The summed E-state index contributed by atoms with van der Waals surface area (Å²) in [5.41, 5.74) is 4.41. The summed E-state index contributed by atoms with van der Waals surface area (Å²) in [5, 5.41) is 14.7. The van der Waals surface area contributed by atoms with Crippen molar-refractivity contribution in [1.82, 2.24) is 4.98 Å². The third kappa shape index (κ3) is 3.97. The lowest BCUT2D eigenvalue weighted by Gasteiger charge is -2.18. The molecule has 3 nitrogen and oxygen atoms in total. The van der Waals surface area contributed by atoms with Crippen molar-refractivity contribution >= 4 is 22.5 Å². The van der Waals surface area contributed by atoms with Crippen molar-refractivity contribution in [2.45, 2.75) is 12.0 Å². The number of hydrogen-bond acceptors (Lipinski definition) is 1. The van der Waals surface area contributed by atoms with Crippen molar-refractivity contribution in [3.63, 3.8) is 0 Å². The zero-order chi connectivity index (χ0) is 19.3. The van der Waals surface area contributed by atoms with E-state index in [0.717, 1.165) is 28.2 Å². The van der Waals surface area contributed by atoms with E-state index in [0.29, 0.717) is 6.54 Å². The minimum Gasteiger partial charge on any atom is -0.382 e. The normalized spacial score (nSPS) is 13.5. The molecular weight excluding hydrogens is 368 g/mol. The van der Waals surface area contributed by atoms with E-state index in [1.54, 1.807) is 0 Å². The van der Waals surface area contributed by atoms with Gasteiger partial charge in [0.05, 0.1) is 12.5 Å². The number of aliphatic hydroxyl groups is 1. The Kier molecular flexibility index (Phi) is 5.77. The third-order valence-electron chi connectivity index (χ3n) is 5.25. The molecular formula is C24H24ClN2O+. The third-order valence-corrected chi connectivity index (χ3v) is 5.60. The van der Waals surface area contributed by atoms with Gasteiger partial charge in [-0.05, 0) is 28.8 Å². The first-order valence-corrected chi connectivity index (χ1v) is 9.97. The van der Waals surface area contributed by atoms with Gasteiger partial charge >= 0.3 is 0 Å². The number of fused-ring (bicyclic) bond motifs is 1. The average Bonchev–Trinajstić information content (AvgIpc) is 3.16. The van der Waals surface area contributed by atoms with Crippen molar-refractivity contribution in [2.24, 2.45) is 0 Å². The summed E-state index contributed by atoms with van der Waals surface area (Å²) in [6, 6.07) is 26.2. The van der Waals surface area contributed by atoms with E-state index < -0.39 is 6.10 Å². The minimum absolute atomic E-state index is 0.132. The highest BCUT2D eigenvalue weighted by Gasteiger charge is 2.22. The molecule has 0 spiro atoms. The summed E-state index contributed by atoms with van der Waals surface area (Å²) in [6.45, 7) is 1.41. The molecule has 0 bridgehead atoms. The molecule has 0 saturated heterocycles. The van der Waals surface area contributed by atoms with Crippen LogP contribution in [0.25, 0.3) is 10.9 Å². The van der Waals surface area contributed by atoms with Gasteiger partial charge in [0, 0.05) is 22.1 Å². The highest BCUT2D eigenvalue weighted by Crippen LogP contribution is 2.33. The summed E-state index contributed by atoms with van der Waals surface area (Å²) >= 11 is 6.55. The lowest BCUT2D eigenvalue weighted by atomic mass is 9.90. The summed E-state index contributed by atoms with van der Waals surface area (Å²) < 4.78 is 0. The molecule has 4 aromatic rings. The predicted octanol–water partition coefficient (Wildman–Crippen LogP) is 4.25. The standard InChI is InChI=1S/C24H23ClN2O/c25-22-12-6-4-10-18(22)20(21-15-27-23-13-7-5-11-19(21)23)14-26-16-24(28)17-8-2-1-3-9-17/h1-13,15,20,24,26-28H,14,16H2/p+1/t20-,24+/m1/s1. The molecule has 0 radical (unpaired) electrons. The maximum atomic E-state index is 10.5. The zero-order valence-corrected chi connectivity index (χ0v) is 16.3. The number of benzene rings is 3. The average molecular weight is 392 g/mol. The minimum atomic E-state index is -0.490. The highest BCUT2D eigenvalue weighted by atomic mass is 35.5. The second-order valence-corrected chi connectivity index (χ2v) is 7.46. The number of aromatic nitrogens is 1. The topological polar surface area (TPSA) is 52.6 Å². The van der Waals surface area contributed by atoms with E-state index in [4.69, 9.17) is 11.6 Å². The van der Waals surface area contributed by atoms with Crippen LogP contribution in [-0.2, 0) is 0 Å². The summed E-state index contributed by atoms with van der Waals surface area (Å²) in [6.07, 6.45) is 1.59. The highest BCUT2D eigenvalue weighted by molar-refractivity contribution is 6.31. The van der Waals surface area contributed by atoms with Gasteiger partial charge in [-0.25, -0.2) is 0 Å². The fourth-order valence-electron chi connectivity index (χ4n) is 3.79. The number of nitrogens with one attached hydrogen (secondary N) is 1. The quantitative estimate of drug-likeness (QED) is 0.433. The van der Waals surface area contributed by atoms with Crippen LogP contribution in [0.3, 0.4) is 0 Å². The van der Waals surface area contributed by atoms with Gasteiger partial charge in [0.2, 0.25) is 0 Å². The summed E-state index contributed by atoms with van der Waals surface area (Å²) in [7, 11) is 0. The van der Waals surface area contributed by atoms with Gasteiger partial charge in [-0.1, -0.05) is 78.3 Å². The first-order valence-electron chi connectivity index (χ1n) is 9.59. The number of halogens is 1. The number of aliphatic hydroxyl groups excluding tert-OH is 1. The number of para-hydroxylation sites is 1. The SMILES string of the molecule is O[C@@H](C[NH2+]C[C@H](c1ccccc1Cl)c1c[nH]c2ccccc12)c1ccccc1. The molecule has 0 aliphatic rings. The number of nitrogens with two attached hydrogens (primary N) is 1. The van der Waals surface area contributed by atoms with Crippen LogP contribution in [0.2, 0.25) is 5.02 Å². The Labute approximate surface area is 170 Å². The van der Waals surface area contributed by atoms with Crippen LogP contribution in [0.5, 0.6) is 0 Å². The lowest BCUT2D eigenvalue weighted by Crippen LogP contribution is -2.86. The molecule has 3 aromatic carbocycles. The Hall–Kier alpha value is -2.59. The molecule has 4 N–H and O–H groups in total. The van der Waals surface area contributed by atoms with Gasteiger partial charge in [-0.3, -0.25) is 0 Å². The summed E-state index contributed by atoms with van der Waals surface area (Å²) in [4.78, 5) is 3.38. The Morgan fingerprint density at radius 2 is 1.54 bits per heavy atom. The van der Waals surface area contributed by atoms with Crippen LogP contribution < -0.4 is 5.32 Å². The molecule has 0 aliphatic carbocycles. The van der Waals surface area contributed by atoms with Crippen molar-refractivity contribution in [3.05, 3.63) is 107 Å². The van der Waals surface area contributed by atoms with Gasteiger partial charge in [0.15, 0.2) is 0 Å². The second-order valence-electron chi connectivity index (χ2n) is 7.05.